The van der Waals surface area contributed by atoms with Crippen LogP contribution in [0.1, 0.15) is 53.4 Å². The zero-order valence-electron chi connectivity index (χ0n) is 21.2. The summed E-state index contributed by atoms with van der Waals surface area (Å²) in [5, 5.41) is 16.9. The van der Waals surface area contributed by atoms with Crippen molar-refractivity contribution in [2.75, 3.05) is 39.3 Å². The Morgan fingerprint density at radius 1 is 1.20 bits per heavy atom. The summed E-state index contributed by atoms with van der Waals surface area (Å²) in [7, 11) is 0. The Kier molecular flexibility index (Phi) is 8.47. The Bertz CT molecular complexity index is 809. The van der Waals surface area contributed by atoms with E-state index in [1.165, 1.54) is 4.90 Å². The van der Waals surface area contributed by atoms with Crippen LogP contribution in [-0.2, 0) is 14.3 Å². The van der Waals surface area contributed by atoms with Crippen molar-refractivity contribution in [3.05, 3.63) is 0 Å². The topological polar surface area (TPSA) is 153 Å². The number of carbonyl (C=O) groups is 3. The number of hydrogen-bond acceptors (Lipinski definition) is 8. The number of likely N-dealkylation sites (tertiary alicyclic amines) is 1. The first kappa shape index (κ1) is 27.0. The fourth-order valence-electron chi connectivity index (χ4n) is 5.16. The molecule has 12 nitrogen and oxygen atoms in total. The van der Waals surface area contributed by atoms with Crippen LogP contribution in [0.15, 0.2) is 0 Å². The molecule has 0 aromatic rings. The van der Waals surface area contributed by atoms with Crippen LogP contribution in [-0.4, -0.2) is 118 Å². The number of piperazine rings is 1. The summed E-state index contributed by atoms with van der Waals surface area (Å²) in [5.41, 5.74) is 5.19. The Balaban J connectivity index is 1.58. The molecule has 3 fully saturated rings. The van der Waals surface area contributed by atoms with Gasteiger partial charge >= 0.3 is 18.2 Å². The van der Waals surface area contributed by atoms with Gasteiger partial charge < -0.3 is 25.2 Å². The first-order valence-corrected chi connectivity index (χ1v) is 12.4. The summed E-state index contributed by atoms with van der Waals surface area (Å²) in [5.74, 6) is -0.907. The van der Waals surface area contributed by atoms with Crippen molar-refractivity contribution in [1.82, 2.24) is 19.6 Å². The van der Waals surface area contributed by atoms with E-state index in [9.17, 15) is 14.4 Å². The molecular weight excluding hydrogens is 456 g/mol. The van der Waals surface area contributed by atoms with Gasteiger partial charge in [0.2, 0.25) is 0 Å². The summed E-state index contributed by atoms with van der Waals surface area (Å²) in [6.45, 7) is 11.5. The highest BCUT2D eigenvalue weighted by Crippen LogP contribution is 2.32. The van der Waals surface area contributed by atoms with Crippen LogP contribution in [0.25, 0.3) is 0 Å². The van der Waals surface area contributed by atoms with Crippen molar-refractivity contribution in [3.63, 3.8) is 0 Å². The molecule has 4 unspecified atom stereocenters. The number of nitrogens with two attached hydrogens (primary N) is 1. The average Bonchev–Trinajstić information content (AvgIpc) is 3.06. The second kappa shape index (κ2) is 11.0. The molecule has 3 heterocycles. The predicted octanol–water partition coefficient (Wildman–Crippen LogP) is 1.34. The van der Waals surface area contributed by atoms with E-state index in [0.717, 1.165) is 32.7 Å². The van der Waals surface area contributed by atoms with Gasteiger partial charge in [-0.2, -0.15) is 0 Å². The van der Waals surface area contributed by atoms with Gasteiger partial charge in [-0.15, -0.1) is 0 Å². The molecule has 0 radical (unpaired) electrons. The van der Waals surface area contributed by atoms with Gasteiger partial charge in [-0.05, 0) is 53.5 Å². The zero-order valence-corrected chi connectivity index (χ0v) is 21.2. The number of nitrogens with one attached hydrogen (secondary N) is 1. The molecule has 3 aliphatic rings. The van der Waals surface area contributed by atoms with E-state index in [-0.39, 0.29) is 36.7 Å². The molecule has 4 N–H and O–H groups in total. The molecule has 0 aromatic carbocycles. The van der Waals surface area contributed by atoms with Gasteiger partial charge in [0.05, 0.1) is 12.1 Å². The SMILES string of the molecule is CC1C(N2CCN(CCCC(=O)O)CC2)OC(=O)N1C1CCN(C(=O)OC(C)(C)C)C(C(=N)N)C1. The first-order valence-electron chi connectivity index (χ1n) is 12.4. The third-order valence-corrected chi connectivity index (χ3v) is 6.87. The van der Waals surface area contributed by atoms with Crippen LogP contribution in [0.2, 0.25) is 0 Å². The zero-order chi connectivity index (χ0) is 25.9. The summed E-state index contributed by atoms with van der Waals surface area (Å²) in [6, 6.07) is -1.03. The maximum Gasteiger partial charge on any atom is 0.412 e. The van der Waals surface area contributed by atoms with E-state index >= 15 is 0 Å². The number of nitrogens with zero attached hydrogens (tertiary/aromatic N) is 4. The van der Waals surface area contributed by atoms with E-state index in [4.69, 9.17) is 25.7 Å². The minimum Gasteiger partial charge on any atom is -0.481 e. The molecule has 4 atom stereocenters. The van der Waals surface area contributed by atoms with Gasteiger partial charge in [0.15, 0.2) is 6.23 Å². The van der Waals surface area contributed by atoms with Crippen LogP contribution in [0.5, 0.6) is 0 Å². The highest BCUT2D eigenvalue weighted by molar-refractivity contribution is 5.87. The number of ether oxygens (including phenoxy) is 2. The smallest absolute Gasteiger partial charge is 0.412 e. The van der Waals surface area contributed by atoms with E-state index in [0.29, 0.717) is 25.8 Å². The number of amides is 2. The van der Waals surface area contributed by atoms with Gasteiger partial charge in [0, 0.05) is 45.2 Å². The van der Waals surface area contributed by atoms with Gasteiger partial charge in [-0.1, -0.05) is 0 Å². The van der Waals surface area contributed by atoms with Crippen molar-refractivity contribution in [2.45, 2.75) is 83.3 Å². The van der Waals surface area contributed by atoms with Crippen LogP contribution in [0.3, 0.4) is 0 Å². The van der Waals surface area contributed by atoms with E-state index in [1.807, 2.05) is 6.92 Å². The number of piperidine rings is 1. The fourth-order valence-corrected chi connectivity index (χ4v) is 5.16. The Labute approximate surface area is 206 Å². The molecule has 0 aromatic heterocycles. The quantitative estimate of drug-likeness (QED) is 0.350. The molecule has 0 spiro atoms. The highest BCUT2D eigenvalue weighted by atomic mass is 16.6. The number of aliphatic carboxylic acids is 1. The van der Waals surface area contributed by atoms with Crippen LogP contribution in [0, 0.1) is 5.41 Å². The third kappa shape index (κ3) is 6.75. The molecule has 3 aliphatic heterocycles. The number of amidine groups is 1. The Morgan fingerprint density at radius 3 is 2.43 bits per heavy atom. The summed E-state index contributed by atoms with van der Waals surface area (Å²) in [6.07, 6.45) is 0.433. The molecule has 0 saturated carbocycles. The largest absolute Gasteiger partial charge is 0.481 e. The van der Waals surface area contributed by atoms with E-state index < -0.39 is 23.7 Å². The third-order valence-electron chi connectivity index (χ3n) is 6.87. The predicted molar refractivity (Wildman–Crippen MR) is 128 cm³/mol. The normalized spacial score (nSPS) is 28.6. The summed E-state index contributed by atoms with van der Waals surface area (Å²) >= 11 is 0. The number of carboxylic acid groups (broad SMARTS) is 1. The Hall–Kier alpha value is -2.60. The molecule has 198 valence electrons. The van der Waals surface area contributed by atoms with Crippen LogP contribution in [0.4, 0.5) is 9.59 Å². The minimum absolute atomic E-state index is 0.128. The van der Waals surface area contributed by atoms with Gasteiger partial charge in [-0.3, -0.25) is 24.9 Å². The van der Waals surface area contributed by atoms with Crippen LogP contribution >= 0.6 is 0 Å². The monoisotopic (exact) mass is 496 g/mol. The van der Waals surface area contributed by atoms with Crippen molar-refractivity contribution in [2.24, 2.45) is 5.73 Å². The highest BCUT2D eigenvalue weighted by Gasteiger charge is 2.48. The second-order valence-electron chi connectivity index (χ2n) is 10.6. The lowest BCUT2D eigenvalue weighted by atomic mass is 9.94. The molecule has 0 aliphatic carbocycles. The number of rotatable bonds is 7. The summed E-state index contributed by atoms with van der Waals surface area (Å²) in [4.78, 5) is 43.9. The van der Waals surface area contributed by atoms with Gasteiger partial charge in [0.25, 0.3) is 0 Å². The maximum atomic E-state index is 12.9. The number of carboxylic acids is 1. The minimum atomic E-state index is -0.778. The van der Waals surface area contributed by atoms with Crippen molar-refractivity contribution >= 4 is 24.0 Å². The van der Waals surface area contributed by atoms with Gasteiger partial charge in [0.1, 0.15) is 11.4 Å². The van der Waals surface area contributed by atoms with E-state index in [1.54, 1.807) is 25.7 Å². The average molecular weight is 497 g/mol. The van der Waals surface area contributed by atoms with Crippen LogP contribution < -0.4 is 5.73 Å². The lowest BCUT2D eigenvalue weighted by Gasteiger charge is -2.43. The standard InChI is InChI=1S/C23H40N6O6/c1-15-20(27-12-10-26(11-13-27)8-5-6-18(30)31)34-22(33)29(15)16-7-9-28(17(14-16)19(24)25)21(32)35-23(2,3)4/h15-17,20H,5-14H2,1-4H3,(H3,24,25)(H,30,31). The maximum absolute atomic E-state index is 12.9. The molecule has 12 heteroatoms. The number of hydrogen-bond donors (Lipinski definition) is 3. The van der Waals surface area contributed by atoms with Gasteiger partial charge in [-0.25, -0.2) is 9.59 Å². The molecule has 3 saturated heterocycles. The molecule has 3 rings (SSSR count). The van der Waals surface area contributed by atoms with Crippen molar-refractivity contribution in [3.8, 4) is 0 Å². The molecular formula is C23H40N6O6. The first-order chi connectivity index (χ1) is 16.4. The van der Waals surface area contributed by atoms with Crippen molar-refractivity contribution in [1.29, 1.82) is 5.41 Å². The number of carbonyl (C=O) groups excluding carboxylic acids is 2. The fraction of sp³-hybridized carbons (Fsp3) is 0.826. The molecule has 0 bridgehead atoms. The second-order valence-corrected chi connectivity index (χ2v) is 10.6. The summed E-state index contributed by atoms with van der Waals surface area (Å²) < 4.78 is 11.3. The lowest BCUT2D eigenvalue weighted by Crippen LogP contribution is -2.59. The molecule has 2 amide bonds. The molecule has 35 heavy (non-hydrogen) atoms. The number of cyclic esters (lactones) is 1. The van der Waals surface area contributed by atoms with Crippen molar-refractivity contribution < 1.29 is 29.0 Å². The Morgan fingerprint density at radius 2 is 1.86 bits per heavy atom. The van der Waals surface area contributed by atoms with E-state index in [2.05, 4.69) is 9.80 Å². The lowest BCUT2D eigenvalue weighted by molar-refractivity contribution is -0.137.